The van der Waals surface area contributed by atoms with Gasteiger partial charge in [-0.2, -0.15) is 0 Å². The summed E-state index contributed by atoms with van der Waals surface area (Å²) in [6.07, 6.45) is 0.759. The highest BCUT2D eigenvalue weighted by Crippen LogP contribution is 2.19. The van der Waals surface area contributed by atoms with E-state index < -0.39 is 6.04 Å². The first-order valence-corrected chi connectivity index (χ1v) is 9.18. The van der Waals surface area contributed by atoms with Crippen LogP contribution in [0.3, 0.4) is 0 Å². The Morgan fingerprint density at radius 1 is 1.37 bits per heavy atom. The standard InChI is InChI=1S/C19H25N5O3/c1-11(2)21-19(27)16-9-12(20)10-24(16)17(25)8-7-15-18(26)23-14-6-4-3-5-13(14)22-15/h3-6,11-12,16H,7-10,20H2,1-2H3,(H,21,27)(H,23,26)/t12-,16-/m0/s1. The molecule has 1 fully saturated rings. The van der Waals surface area contributed by atoms with Gasteiger partial charge in [-0.25, -0.2) is 4.98 Å². The van der Waals surface area contributed by atoms with Gasteiger partial charge >= 0.3 is 0 Å². The van der Waals surface area contributed by atoms with Crippen molar-refractivity contribution in [2.24, 2.45) is 5.73 Å². The van der Waals surface area contributed by atoms with Crippen LogP contribution >= 0.6 is 0 Å². The Kier molecular flexibility index (Phi) is 5.55. The summed E-state index contributed by atoms with van der Waals surface area (Å²) in [5.41, 5.74) is 7.33. The van der Waals surface area contributed by atoms with E-state index >= 15 is 0 Å². The van der Waals surface area contributed by atoms with Crippen LogP contribution in [0.25, 0.3) is 11.0 Å². The average molecular weight is 371 g/mol. The van der Waals surface area contributed by atoms with Gasteiger partial charge in [0.15, 0.2) is 0 Å². The van der Waals surface area contributed by atoms with Crippen LogP contribution in [0.2, 0.25) is 0 Å². The summed E-state index contributed by atoms with van der Waals surface area (Å²) in [6, 6.07) is 6.46. The Hall–Kier alpha value is -2.74. The molecular weight excluding hydrogens is 346 g/mol. The van der Waals surface area contributed by atoms with E-state index in [1.54, 1.807) is 6.07 Å². The van der Waals surface area contributed by atoms with Crippen molar-refractivity contribution in [2.75, 3.05) is 6.54 Å². The number of carbonyl (C=O) groups excluding carboxylic acids is 2. The minimum Gasteiger partial charge on any atom is -0.352 e. The largest absolute Gasteiger partial charge is 0.352 e. The molecule has 2 aromatic rings. The molecule has 27 heavy (non-hydrogen) atoms. The highest BCUT2D eigenvalue weighted by atomic mass is 16.2. The van der Waals surface area contributed by atoms with Gasteiger partial charge < -0.3 is 20.9 Å². The minimum atomic E-state index is -0.558. The predicted molar refractivity (Wildman–Crippen MR) is 102 cm³/mol. The molecule has 8 nitrogen and oxygen atoms in total. The van der Waals surface area contributed by atoms with Gasteiger partial charge in [0, 0.05) is 31.5 Å². The van der Waals surface area contributed by atoms with Crippen molar-refractivity contribution in [3.63, 3.8) is 0 Å². The number of amides is 2. The Morgan fingerprint density at radius 3 is 2.85 bits per heavy atom. The summed E-state index contributed by atoms with van der Waals surface area (Å²) in [7, 11) is 0. The van der Waals surface area contributed by atoms with Gasteiger partial charge in [-0.15, -0.1) is 0 Å². The quantitative estimate of drug-likeness (QED) is 0.698. The fourth-order valence-electron chi connectivity index (χ4n) is 3.38. The molecule has 2 amide bonds. The number of likely N-dealkylation sites (tertiary alicyclic amines) is 1. The summed E-state index contributed by atoms with van der Waals surface area (Å²) in [5.74, 6) is -0.380. The summed E-state index contributed by atoms with van der Waals surface area (Å²) in [4.78, 5) is 45.9. The molecule has 8 heteroatoms. The zero-order valence-electron chi connectivity index (χ0n) is 15.6. The Labute approximate surface area is 157 Å². The van der Waals surface area contributed by atoms with Crippen molar-refractivity contribution in [3.05, 3.63) is 40.3 Å². The molecule has 2 atom stereocenters. The van der Waals surface area contributed by atoms with E-state index in [-0.39, 0.29) is 42.3 Å². The molecule has 144 valence electrons. The van der Waals surface area contributed by atoms with Crippen LogP contribution in [-0.4, -0.2) is 51.4 Å². The van der Waals surface area contributed by atoms with Crippen LogP contribution in [0.1, 0.15) is 32.4 Å². The number of nitrogens with one attached hydrogen (secondary N) is 2. The molecule has 0 unspecified atom stereocenters. The number of H-pyrrole nitrogens is 1. The zero-order valence-corrected chi connectivity index (χ0v) is 15.6. The lowest BCUT2D eigenvalue weighted by Crippen LogP contribution is -2.47. The maximum Gasteiger partial charge on any atom is 0.270 e. The van der Waals surface area contributed by atoms with E-state index in [9.17, 15) is 14.4 Å². The number of fused-ring (bicyclic) bond motifs is 1. The Morgan fingerprint density at radius 2 is 2.11 bits per heavy atom. The average Bonchev–Trinajstić information content (AvgIpc) is 3.01. The Bertz CT molecular complexity index is 908. The number of nitrogens with zero attached hydrogens (tertiary/aromatic N) is 2. The summed E-state index contributed by atoms with van der Waals surface area (Å²) in [6.45, 7) is 4.09. The summed E-state index contributed by atoms with van der Waals surface area (Å²) < 4.78 is 0. The first-order valence-electron chi connectivity index (χ1n) is 9.18. The number of hydrogen-bond donors (Lipinski definition) is 3. The van der Waals surface area contributed by atoms with Gasteiger partial charge in [0.1, 0.15) is 11.7 Å². The first kappa shape index (κ1) is 19.0. The highest BCUT2D eigenvalue weighted by molar-refractivity contribution is 5.88. The van der Waals surface area contributed by atoms with Gasteiger partial charge in [-0.3, -0.25) is 14.4 Å². The van der Waals surface area contributed by atoms with Crippen molar-refractivity contribution in [2.45, 2.75) is 51.2 Å². The second kappa shape index (κ2) is 7.87. The van der Waals surface area contributed by atoms with Crippen molar-refractivity contribution in [3.8, 4) is 0 Å². The third-order valence-corrected chi connectivity index (χ3v) is 4.63. The van der Waals surface area contributed by atoms with Crippen molar-refractivity contribution in [1.82, 2.24) is 20.2 Å². The fourth-order valence-corrected chi connectivity index (χ4v) is 3.38. The topological polar surface area (TPSA) is 121 Å². The van der Waals surface area contributed by atoms with Gasteiger partial charge in [0.05, 0.1) is 11.0 Å². The molecule has 1 saturated heterocycles. The van der Waals surface area contributed by atoms with Gasteiger partial charge in [-0.1, -0.05) is 12.1 Å². The van der Waals surface area contributed by atoms with Crippen LogP contribution in [0.15, 0.2) is 29.1 Å². The van der Waals surface area contributed by atoms with Gasteiger partial charge in [-0.05, 0) is 32.4 Å². The second-order valence-electron chi connectivity index (χ2n) is 7.25. The molecule has 0 bridgehead atoms. The third kappa shape index (κ3) is 4.33. The molecule has 0 radical (unpaired) electrons. The molecule has 0 spiro atoms. The van der Waals surface area contributed by atoms with Crippen LogP contribution in [-0.2, 0) is 16.0 Å². The number of aromatic nitrogens is 2. The predicted octanol–water partition coefficient (Wildman–Crippen LogP) is 0.309. The number of hydrogen-bond acceptors (Lipinski definition) is 5. The molecule has 4 N–H and O–H groups in total. The van der Waals surface area contributed by atoms with Crippen LogP contribution in [0.5, 0.6) is 0 Å². The lowest BCUT2D eigenvalue weighted by atomic mass is 10.1. The highest BCUT2D eigenvalue weighted by Gasteiger charge is 2.37. The maximum absolute atomic E-state index is 12.7. The minimum absolute atomic E-state index is 0.00775. The number of aryl methyl sites for hydroxylation is 1. The van der Waals surface area contributed by atoms with E-state index in [0.717, 1.165) is 0 Å². The maximum atomic E-state index is 12.7. The van der Waals surface area contributed by atoms with E-state index in [0.29, 0.717) is 29.7 Å². The lowest BCUT2D eigenvalue weighted by molar-refractivity contribution is -0.138. The van der Waals surface area contributed by atoms with Crippen molar-refractivity contribution in [1.29, 1.82) is 0 Å². The Balaban J connectivity index is 1.70. The molecule has 1 aliphatic heterocycles. The normalized spacial score (nSPS) is 19.6. The number of aromatic amines is 1. The number of nitrogens with two attached hydrogens (primary N) is 1. The van der Waals surface area contributed by atoms with Gasteiger partial charge in [0.25, 0.3) is 5.56 Å². The number of para-hydroxylation sites is 2. The monoisotopic (exact) mass is 371 g/mol. The fraction of sp³-hybridized carbons (Fsp3) is 0.474. The van der Waals surface area contributed by atoms with Crippen molar-refractivity contribution < 1.29 is 9.59 Å². The molecule has 1 aliphatic rings. The zero-order chi connectivity index (χ0) is 19.6. The summed E-state index contributed by atoms with van der Waals surface area (Å²) >= 11 is 0. The van der Waals surface area contributed by atoms with Crippen LogP contribution in [0.4, 0.5) is 0 Å². The first-order chi connectivity index (χ1) is 12.8. The number of carbonyl (C=O) groups is 2. The van der Waals surface area contributed by atoms with Crippen molar-refractivity contribution >= 4 is 22.8 Å². The lowest BCUT2D eigenvalue weighted by Gasteiger charge is -2.24. The van der Waals surface area contributed by atoms with E-state index in [1.165, 1.54) is 4.90 Å². The van der Waals surface area contributed by atoms with Crippen LogP contribution < -0.4 is 16.6 Å². The molecule has 2 heterocycles. The molecule has 3 rings (SSSR count). The molecule has 1 aromatic heterocycles. The molecular formula is C19H25N5O3. The third-order valence-electron chi connectivity index (χ3n) is 4.63. The molecule has 1 aromatic carbocycles. The number of rotatable bonds is 5. The number of benzene rings is 1. The van der Waals surface area contributed by atoms with Crippen LogP contribution in [0, 0.1) is 0 Å². The van der Waals surface area contributed by atoms with E-state index in [1.807, 2.05) is 32.0 Å². The van der Waals surface area contributed by atoms with E-state index in [2.05, 4.69) is 15.3 Å². The summed E-state index contributed by atoms with van der Waals surface area (Å²) in [5, 5.41) is 2.84. The van der Waals surface area contributed by atoms with E-state index in [4.69, 9.17) is 5.73 Å². The van der Waals surface area contributed by atoms with Gasteiger partial charge in [0.2, 0.25) is 11.8 Å². The molecule has 0 saturated carbocycles. The smallest absolute Gasteiger partial charge is 0.270 e. The SMILES string of the molecule is CC(C)NC(=O)[C@@H]1C[C@H](N)CN1C(=O)CCc1nc2ccccc2[nH]c1=O. The molecule has 0 aliphatic carbocycles. The second-order valence-corrected chi connectivity index (χ2v) is 7.25.